The van der Waals surface area contributed by atoms with Crippen molar-refractivity contribution in [3.63, 3.8) is 0 Å². The number of aryl methyl sites for hydroxylation is 1. The van der Waals surface area contributed by atoms with Crippen LogP contribution in [-0.4, -0.2) is 21.9 Å². The van der Waals surface area contributed by atoms with Gasteiger partial charge in [-0.05, 0) is 18.4 Å². The Balaban J connectivity index is 1.65. The summed E-state index contributed by atoms with van der Waals surface area (Å²) in [5.74, 6) is 0.398. The van der Waals surface area contributed by atoms with Crippen molar-refractivity contribution in [1.29, 1.82) is 0 Å². The van der Waals surface area contributed by atoms with E-state index in [1.54, 1.807) is 17.1 Å². The third-order valence-electron chi connectivity index (χ3n) is 4.27. The van der Waals surface area contributed by atoms with Crippen LogP contribution in [0.3, 0.4) is 0 Å². The van der Waals surface area contributed by atoms with Crippen LogP contribution < -0.4 is 10.6 Å². The topological polar surface area (TPSA) is 59.0 Å². The average molecular weight is 298 g/mol. The lowest BCUT2D eigenvalue weighted by atomic mass is 9.80. The number of nitrogens with one attached hydrogen (secondary N) is 2. The van der Waals surface area contributed by atoms with Crippen LogP contribution in [0.2, 0.25) is 0 Å². The molecule has 0 aliphatic heterocycles. The summed E-state index contributed by atoms with van der Waals surface area (Å²) in [4.78, 5) is 12.2. The minimum atomic E-state index is -0.152. The molecule has 1 aromatic carbocycles. The molecule has 1 saturated carbocycles. The molecular formula is C17H22N4O. The molecule has 0 radical (unpaired) electrons. The van der Waals surface area contributed by atoms with Gasteiger partial charge < -0.3 is 10.6 Å². The number of carbonyl (C=O) groups is 1. The molecule has 1 aromatic heterocycles. The highest BCUT2D eigenvalue weighted by Gasteiger charge is 2.27. The predicted molar refractivity (Wildman–Crippen MR) is 86.8 cm³/mol. The van der Waals surface area contributed by atoms with Gasteiger partial charge in [0.05, 0.1) is 11.9 Å². The number of anilines is 1. The van der Waals surface area contributed by atoms with Crippen molar-refractivity contribution in [2.24, 2.45) is 7.05 Å². The van der Waals surface area contributed by atoms with Gasteiger partial charge in [0.15, 0.2) is 0 Å². The van der Waals surface area contributed by atoms with E-state index in [9.17, 15) is 4.79 Å². The second-order valence-corrected chi connectivity index (χ2v) is 5.91. The molecular weight excluding hydrogens is 276 g/mol. The third-order valence-corrected chi connectivity index (χ3v) is 4.27. The SMILES string of the molecule is Cn1cc(NC(=O)N[C@@H]2CCCC[C@H]2c2ccccc2)cn1. The number of urea groups is 1. The fourth-order valence-corrected chi connectivity index (χ4v) is 3.22. The van der Waals surface area contributed by atoms with E-state index < -0.39 is 0 Å². The monoisotopic (exact) mass is 298 g/mol. The highest BCUT2D eigenvalue weighted by atomic mass is 16.2. The van der Waals surface area contributed by atoms with Crippen LogP contribution in [0, 0.1) is 0 Å². The first kappa shape index (κ1) is 14.6. The molecule has 22 heavy (non-hydrogen) atoms. The lowest BCUT2D eigenvalue weighted by Gasteiger charge is -2.32. The molecule has 3 rings (SSSR count). The molecule has 5 nitrogen and oxygen atoms in total. The van der Waals surface area contributed by atoms with Gasteiger partial charge in [-0.1, -0.05) is 43.2 Å². The number of carbonyl (C=O) groups excluding carboxylic acids is 1. The molecule has 116 valence electrons. The Hall–Kier alpha value is -2.30. The smallest absolute Gasteiger partial charge is 0.319 e. The molecule has 1 aliphatic rings. The molecule has 0 unspecified atom stereocenters. The third kappa shape index (κ3) is 3.47. The highest BCUT2D eigenvalue weighted by Crippen LogP contribution is 2.33. The van der Waals surface area contributed by atoms with E-state index in [0.29, 0.717) is 11.6 Å². The fraction of sp³-hybridized carbons (Fsp3) is 0.412. The number of hydrogen-bond donors (Lipinski definition) is 2. The average Bonchev–Trinajstić information content (AvgIpc) is 2.93. The number of rotatable bonds is 3. The quantitative estimate of drug-likeness (QED) is 0.913. The normalized spacial score (nSPS) is 21.3. The maximum Gasteiger partial charge on any atom is 0.319 e. The maximum atomic E-state index is 12.2. The largest absolute Gasteiger partial charge is 0.335 e. The van der Waals surface area contributed by atoms with Gasteiger partial charge in [0, 0.05) is 25.2 Å². The van der Waals surface area contributed by atoms with E-state index in [2.05, 4.69) is 40.0 Å². The number of benzene rings is 1. The van der Waals surface area contributed by atoms with Gasteiger partial charge in [0.1, 0.15) is 0 Å². The summed E-state index contributed by atoms with van der Waals surface area (Å²) in [5.41, 5.74) is 2.03. The molecule has 2 aromatic rings. The molecule has 2 amide bonds. The number of amides is 2. The van der Waals surface area contributed by atoms with Gasteiger partial charge in [0.25, 0.3) is 0 Å². The minimum absolute atomic E-state index is 0.152. The fourth-order valence-electron chi connectivity index (χ4n) is 3.22. The molecule has 2 N–H and O–H groups in total. The van der Waals surface area contributed by atoms with Gasteiger partial charge in [-0.3, -0.25) is 4.68 Å². The van der Waals surface area contributed by atoms with Gasteiger partial charge in [0.2, 0.25) is 0 Å². The van der Waals surface area contributed by atoms with Crippen LogP contribution in [-0.2, 0) is 7.05 Å². The Morgan fingerprint density at radius 1 is 1.23 bits per heavy atom. The second kappa shape index (κ2) is 6.64. The van der Waals surface area contributed by atoms with Crippen molar-refractivity contribution in [1.82, 2.24) is 15.1 Å². The summed E-state index contributed by atoms with van der Waals surface area (Å²) < 4.78 is 1.67. The van der Waals surface area contributed by atoms with E-state index >= 15 is 0 Å². The van der Waals surface area contributed by atoms with Crippen LogP contribution in [0.5, 0.6) is 0 Å². The van der Waals surface area contributed by atoms with Crippen molar-refractivity contribution in [3.05, 3.63) is 48.3 Å². The van der Waals surface area contributed by atoms with Crippen LogP contribution in [0.1, 0.15) is 37.2 Å². The van der Waals surface area contributed by atoms with Crippen molar-refractivity contribution in [3.8, 4) is 0 Å². The molecule has 1 aliphatic carbocycles. The lowest BCUT2D eigenvalue weighted by molar-refractivity contribution is 0.240. The lowest BCUT2D eigenvalue weighted by Crippen LogP contribution is -2.43. The molecule has 0 spiro atoms. The van der Waals surface area contributed by atoms with Crippen LogP contribution >= 0.6 is 0 Å². The van der Waals surface area contributed by atoms with Gasteiger partial charge in [-0.15, -0.1) is 0 Å². The molecule has 0 bridgehead atoms. The van der Waals surface area contributed by atoms with Gasteiger partial charge >= 0.3 is 6.03 Å². The standard InChI is InChI=1S/C17H22N4O/c1-21-12-14(11-18-21)19-17(22)20-16-10-6-5-9-15(16)13-7-3-2-4-8-13/h2-4,7-8,11-12,15-16H,5-6,9-10H2,1H3,(H2,19,20,22)/t15-,16+/m0/s1. The first-order valence-electron chi connectivity index (χ1n) is 7.83. The summed E-state index contributed by atoms with van der Waals surface area (Å²) in [6, 6.07) is 10.5. The Morgan fingerprint density at radius 2 is 2.00 bits per heavy atom. The number of nitrogens with zero attached hydrogens (tertiary/aromatic N) is 2. The first-order chi connectivity index (χ1) is 10.7. The molecule has 1 heterocycles. The Bertz CT molecular complexity index is 623. The van der Waals surface area contributed by atoms with E-state index in [1.807, 2.05) is 13.1 Å². The molecule has 0 saturated heterocycles. The predicted octanol–water partition coefficient (Wildman–Crippen LogP) is 3.27. The van der Waals surface area contributed by atoms with Crippen molar-refractivity contribution < 1.29 is 4.79 Å². The van der Waals surface area contributed by atoms with E-state index in [4.69, 9.17) is 0 Å². The van der Waals surface area contributed by atoms with Crippen molar-refractivity contribution in [2.45, 2.75) is 37.6 Å². The summed E-state index contributed by atoms with van der Waals surface area (Å²) in [6.07, 6.45) is 7.98. The van der Waals surface area contributed by atoms with Crippen LogP contribution in [0.4, 0.5) is 10.5 Å². The number of aromatic nitrogens is 2. The Labute approximate surface area is 130 Å². The van der Waals surface area contributed by atoms with E-state index in [1.165, 1.54) is 18.4 Å². The molecule has 5 heteroatoms. The van der Waals surface area contributed by atoms with Crippen molar-refractivity contribution in [2.75, 3.05) is 5.32 Å². The molecule has 2 atom stereocenters. The zero-order valence-corrected chi connectivity index (χ0v) is 12.8. The zero-order chi connectivity index (χ0) is 15.4. The van der Waals surface area contributed by atoms with Crippen LogP contribution in [0.15, 0.2) is 42.7 Å². The Morgan fingerprint density at radius 3 is 2.73 bits per heavy atom. The second-order valence-electron chi connectivity index (χ2n) is 5.91. The van der Waals surface area contributed by atoms with Crippen LogP contribution in [0.25, 0.3) is 0 Å². The van der Waals surface area contributed by atoms with E-state index in [0.717, 1.165) is 12.8 Å². The van der Waals surface area contributed by atoms with E-state index in [-0.39, 0.29) is 12.1 Å². The minimum Gasteiger partial charge on any atom is -0.335 e. The maximum absolute atomic E-state index is 12.2. The zero-order valence-electron chi connectivity index (χ0n) is 12.8. The first-order valence-corrected chi connectivity index (χ1v) is 7.83. The molecule has 1 fully saturated rings. The Kier molecular flexibility index (Phi) is 4.42. The van der Waals surface area contributed by atoms with Gasteiger partial charge in [-0.2, -0.15) is 5.10 Å². The summed E-state index contributed by atoms with van der Waals surface area (Å²) in [5, 5.41) is 10.0. The summed E-state index contributed by atoms with van der Waals surface area (Å²) in [6.45, 7) is 0. The highest BCUT2D eigenvalue weighted by molar-refractivity contribution is 5.89. The van der Waals surface area contributed by atoms with Gasteiger partial charge in [-0.25, -0.2) is 4.79 Å². The number of hydrogen-bond acceptors (Lipinski definition) is 2. The summed E-state index contributed by atoms with van der Waals surface area (Å²) in [7, 11) is 1.83. The summed E-state index contributed by atoms with van der Waals surface area (Å²) >= 11 is 0. The van der Waals surface area contributed by atoms with Crippen molar-refractivity contribution >= 4 is 11.7 Å².